The first-order valence-electron chi connectivity index (χ1n) is 5.23. The Kier molecular flexibility index (Phi) is 3.49. The molecule has 0 amide bonds. The summed E-state index contributed by atoms with van der Waals surface area (Å²) >= 11 is 1.37. The average molecular weight is 254 g/mol. The first-order chi connectivity index (χ1) is 8.13. The van der Waals surface area contributed by atoms with E-state index in [1.165, 1.54) is 29.5 Å². The van der Waals surface area contributed by atoms with E-state index in [4.69, 9.17) is 5.73 Å². The molecule has 0 saturated heterocycles. The highest BCUT2D eigenvalue weighted by Gasteiger charge is 2.16. The number of hydrogen-bond acceptors (Lipinski definition) is 3. The molecule has 2 rings (SSSR count). The van der Waals surface area contributed by atoms with Crippen LogP contribution >= 0.6 is 11.3 Å². The summed E-state index contributed by atoms with van der Waals surface area (Å²) in [5.41, 5.74) is 5.79. The van der Waals surface area contributed by atoms with Crippen molar-refractivity contribution in [3.8, 4) is 11.3 Å². The second-order valence-corrected chi connectivity index (χ2v) is 4.69. The van der Waals surface area contributed by atoms with Gasteiger partial charge in [-0.15, -0.1) is 11.3 Å². The van der Waals surface area contributed by atoms with Gasteiger partial charge < -0.3 is 5.73 Å². The van der Waals surface area contributed by atoms with Crippen LogP contribution in [0.1, 0.15) is 17.8 Å². The Morgan fingerprint density at radius 2 is 2.00 bits per heavy atom. The summed E-state index contributed by atoms with van der Waals surface area (Å²) in [7, 11) is 0. The van der Waals surface area contributed by atoms with Gasteiger partial charge in [-0.1, -0.05) is 13.0 Å². The van der Waals surface area contributed by atoms with Crippen molar-refractivity contribution < 1.29 is 8.78 Å². The molecule has 2 aromatic rings. The first kappa shape index (κ1) is 12.1. The van der Waals surface area contributed by atoms with E-state index in [1.54, 1.807) is 5.38 Å². The number of halogens is 2. The molecule has 0 bridgehead atoms. The van der Waals surface area contributed by atoms with Crippen molar-refractivity contribution in [1.82, 2.24) is 4.98 Å². The average Bonchev–Trinajstić information content (AvgIpc) is 2.77. The lowest BCUT2D eigenvalue weighted by Crippen LogP contribution is -2.08. The maximum absolute atomic E-state index is 13.5. The highest BCUT2D eigenvalue weighted by atomic mass is 32.1. The van der Waals surface area contributed by atoms with E-state index < -0.39 is 11.6 Å². The number of nitrogens with two attached hydrogens (primary N) is 1. The summed E-state index contributed by atoms with van der Waals surface area (Å²) in [6.45, 7) is 2.40. The second kappa shape index (κ2) is 4.89. The molecule has 0 radical (unpaired) electrons. The third-order valence-corrected chi connectivity index (χ3v) is 3.59. The van der Waals surface area contributed by atoms with Crippen LogP contribution in [0.25, 0.3) is 11.3 Å². The summed E-state index contributed by atoms with van der Waals surface area (Å²) < 4.78 is 27.1. The van der Waals surface area contributed by atoms with Crippen LogP contribution in [0.15, 0.2) is 23.6 Å². The third-order valence-electron chi connectivity index (χ3n) is 2.52. The number of benzene rings is 1. The highest BCUT2D eigenvalue weighted by Crippen LogP contribution is 2.29. The number of aromatic nitrogens is 1. The summed E-state index contributed by atoms with van der Waals surface area (Å²) in [6.07, 6.45) is 0. The zero-order valence-electron chi connectivity index (χ0n) is 9.28. The molecule has 90 valence electrons. The molecule has 0 fully saturated rings. The topological polar surface area (TPSA) is 38.9 Å². The fourth-order valence-electron chi connectivity index (χ4n) is 1.47. The van der Waals surface area contributed by atoms with Crippen molar-refractivity contribution in [2.24, 2.45) is 5.73 Å². The van der Waals surface area contributed by atoms with Crippen molar-refractivity contribution in [3.05, 3.63) is 40.2 Å². The van der Waals surface area contributed by atoms with Crippen LogP contribution in [0.2, 0.25) is 0 Å². The van der Waals surface area contributed by atoms with E-state index in [0.717, 1.165) is 5.01 Å². The molecule has 1 heterocycles. The Hall–Kier alpha value is -1.33. The Bertz CT molecular complexity index is 505. The van der Waals surface area contributed by atoms with Crippen LogP contribution < -0.4 is 5.73 Å². The molecule has 0 spiro atoms. The monoisotopic (exact) mass is 254 g/mol. The minimum atomic E-state index is -0.595. The number of nitrogens with zero attached hydrogens (tertiary/aromatic N) is 1. The zero-order chi connectivity index (χ0) is 12.4. The lowest BCUT2D eigenvalue weighted by atomic mass is 10.1. The number of rotatable bonds is 3. The van der Waals surface area contributed by atoms with E-state index in [9.17, 15) is 8.78 Å². The molecule has 0 aliphatic rings. The second-order valence-electron chi connectivity index (χ2n) is 3.80. The van der Waals surface area contributed by atoms with E-state index >= 15 is 0 Å². The Morgan fingerprint density at radius 1 is 1.35 bits per heavy atom. The first-order valence-corrected chi connectivity index (χ1v) is 6.11. The molecule has 1 aromatic heterocycles. The molecule has 5 heteroatoms. The van der Waals surface area contributed by atoms with Gasteiger partial charge >= 0.3 is 0 Å². The van der Waals surface area contributed by atoms with E-state index in [-0.39, 0.29) is 11.5 Å². The van der Waals surface area contributed by atoms with Crippen LogP contribution in [0, 0.1) is 11.6 Å². The molecule has 1 atom stereocenters. The minimum absolute atomic E-state index is 0.0702. The Morgan fingerprint density at radius 3 is 2.59 bits per heavy atom. The molecule has 1 unspecified atom stereocenters. The molecule has 0 aliphatic heterocycles. The Labute approximate surface area is 102 Å². The standard InChI is InChI=1S/C12H12F2N2S/c1-7(5-15)12-16-10(6-17-12)11-8(13)3-2-4-9(11)14/h2-4,6-7H,5,15H2,1H3. The van der Waals surface area contributed by atoms with Gasteiger partial charge in [-0.2, -0.15) is 0 Å². The van der Waals surface area contributed by atoms with Crippen molar-refractivity contribution in [2.45, 2.75) is 12.8 Å². The van der Waals surface area contributed by atoms with Crippen molar-refractivity contribution in [3.63, 3.8) is 0 Å². The van der Waals surface area contributed by atoms with Gasteiger partial charge in [-0.3, -0.25) is 0 Å². The van der Waals surface area contributed by atoms with Gasteiger partial charge in [0, 0.05) is 17.8 Å². The molecule has 17 heavy (non-hydrogen) atoms. The van der Waals surface area contributed by atoms with Crippen LogP contribution in [-0.2, 0) is 0 Å². The molecule has 0 aliphatic carbocycles. The molecule has 2 N–H and O–H groups in total. The SMILES string of the molecule is CC(CN)c1nc(-c2c(F)cccc2F)cs1. The van der Waals surface area contributed by atoms with Crippen molar-refractivity contribution in [2.75, 3.05) is 6.54 Å². The van der Waals surface area contributed by atoms with Crippen LogP contribution in [0.5, 0.6) is 0 Å². The molecule has 1 aromatic carbocycles. The number of thiazole rings is 1. The Balaban J connectivity index is 2.44. The fourth-order valence-corrected chi connectivity index (χ4v) is 2.35. The van der Waals surface area contributed by atoms with Crippen LogP contribution in [0.4, 0.5) is 8.78 Å². The zero-order valence-corrected chi connectivity index (χ0v) is 10.1. The quantitative estimate of drug-likeness (QED) is 0.913. The molecular formula is C12H12F2N2S. The van der Waals surface area contributed by atoms with Gasteiger partial charge in [0.2, 0.25) is 0 Å². The molecule has 0 saturated carbocycles. The fraction of sp³-hybridized carbons (Fsp3) is 0.250. The van der Waals surface area contributed by atoms with Crippen molar-refractivity contribution in [1.29, 1.82) is 0 Å². The van der Waals surface area contributed by atoms with Gasteiger partial charge in [0.15, 0.2) is 0 Å². The minimum Gasteiger partial charge on any atom is -0.330 e. The van der Waals surface area contributed by atoms with Crippen LogP contribution in [0.3, 0.4) is 0 Å². The van der Waals surface area contributed by atoms with Gasteiger partial charge in [0.05, 0.1) is 16.3 Å². The van der Waals surface area contributed by atoms with Crippen LogP contribution in [-0.4, -0.2) is 11.5 Å². The van der Waals surface area contributed by atoms with Gasteiger partial charge in [-0.05, 0) is 12.1 Å². The highest BCUT2D eigenvalue weighted by molar-refractivity contribution is 7.10. The molecule has 2 nitrogen and oxygen atoms in total. The van der Waals surface area contributed by atoms with Crippen molar-refractivity contribution >= 4 is 11.3 Å². The summed E-state index contributed by atoms with van der Waals surface area (Å²) in [4.78, 5) is 4.23. The van der Waals surface area contributed by atoms with Gasteiger partial charge in [0.1, 0.15) is 11.6 Å². The van der Waals surface area contributed by atoms with E-state index in [0.29, 0.717) is 12.2 Å². The van der Waals surface area contributed by atoms with Gasteiger partial charge in [-0.25, -0.2) is 13.8 Å². The summed E-state index contributed by atoms with van der Waals surface area (Å²) in [5.74, 6) is -1.09. The number of hydrogen-bond donors (Lipinski definition) is 1. The van der Waals surface area contributed by atoms with Gasteiger partial charge in [0.25, 0.3) is 0 Å². The smallest absolute Gasteiger partial charge is 0.135 e. The summed E-state index contributed by atoms with van der Waals surface area (Å²) in [6, 6.07) is 3.79. The maximum atomic E-state index is 13.5. The predicted octanol–water partition coefficient (Wildman–Crippen LogP) is 3.15. The van der Waals surface area contributed by atoms with E-state index in [1.807, 2.05) is 6.92 Å². The lowest BCUT2D eigenvalue weighted by Gasteiger charge is -2.03. The predicted molar refractivity (Wildman–Crippen MR) is 64.9 cm³/mol. The van der Waals surface area contributed by atoms with E-state index in [2.05, 4.69) is 4.98 Å². The normalized spacial score (nSPS) is 12.7. The largest absolute Gasteiger partial charge is 0.330 e. The lowest BCUT2D eigenvalue weighted by molar-refractivity contribution is 0.588. The maximum Gasteiger partial charge on any atom is 0.135 e. The molecular weight excluding hydrogens is 242 g/mol. The third kappa shape index (κ3) is 2.35. The summed E-state index contributed by atoms with van der Waals surface area (Å²) in [5, 5.41) is 2.45.